The number of benzene rings is 1. The summed E-state index contributed by atoms with van der Waals surface area (Å²) in [6, 6.07) is 1.64. The Labute approximate surface area is 136 Å². The molecule has 2 aromatic rings. The number of carboxylic acids is 1. The number of aliphatic carboxylic acids is 1. The molecule has 0 aliphatic heterocycles. The van der Waals surface area contributed by atoms with Crippen LogP contribution in [0.5, 0.6) is 0 Å². The lowest BCUT2D eigenvalue weighted by Crippen LogP contribution is -2.41. The van der Waals surface area contributed by atoms with Gasteiger partial charge in [0.1, 0.15) is 6.04 Å². The molecule has 0 aliphatic carbocycles. The van der Waals surface area contributed by atoms with E-state index in [-0.39, 0.29) is 11.3 Å². The van der Waals surface area contributed by atoms with E-state index < -0.39 is 27.7 Å². The van der Waals surface area contributed by atoms with Crippen LogP contribution < -0.4 is 10.4 Å². The fourth-order valence-corrected chi connectivity index (χ4v) is 4.13. The lowest BCUT2D eigenvalue weighted by molar-refractivity contribution is -0.139. The van der Waals surface area contributed by atoms with Crippen LogP contribution in [0.1, 0.15) is 12.0 Å². The summed E-state index contributed by atoms with van der Waals surface area (Å²) in [6.07, 6.45) is 1.99. The van der Waals surface area contributed by atoms with Gasteiger partial charge in [0.15, 0.2) is 0 Å². The third-order valence-corrected chi connectivity index (χ3v) is 5.56. The summed E-state index contributed by atoms with van der Waals surface area (Å²) in [7, 11) is -4.02. The normalized spacial score (nSPS) is 13.3. The molecule has 0 radical (unpaired) electrons. The van der Waals surface area contributed by atoms with Gasteiger partial charge in [0.05, 0.1) is 15.9 Å². The second-order valence-corrected chi connectivity index (χ2v) is 7.70. The predicted octanol–water partition coefficient (Wildman–Crippen LogP) is 0.649. The van der Waals surface area contributed by atoms with E-state index in [9.17, 15) is 18.0 Å². The average Bonchev–Trinajstić information content (AvgIpc) is 2.81. The monoisotopic (exact) mass is 359 g/mol. The van der Waals surface area contributed by atoms with E-state index in [1.54, 1.807) is 6.92 Å². The maximum atomic E-state index is 12.5. The van der Waals surface area contributed by atoms with Crippen molar-refractivity contribution in [3.05, 3.63) is 28.2 Å². The smallest absolute Gasteiger partial charge is 0.323 e. The Kier molecular flexibility index (Phi) is 5.17. The van der Waals surface area contributed by atoms with E-state index in [0.29, 0.717) is 22.3 Å². The summed E-state index contributed by atoms with van der Waals surface area (Å²) in [5.41, 5.74) is 0.806. The summed E-state index contributed by atoms with van der Waals surface area (Å²) in [5, 5.41) is 9.17. The fourth-order valence-electron chi connectivity index (χ4n) is 2.18. The summed E-state index contributed by atoms with van der Waals surface area (Å²) in [6.45, 7) is 1.58. The molecule has 0 saturated heterocycles. The molecule has 1 atom stereocenters. The molecule has 126 valence electrons. The van der Waals surface area contributed by atoms with Gasteiger partial charge in [-0.3, -0.25) is 4.79 Å². The number of sulfonamides is 1. The number of aryl methyl sites for hydroxylation is 1. The number of imidazole rings is 1. The summed E-state index contributed by atoms with van der Waals surface area (Å²) in [4.78, 5) is 27.5. The van der Waals surface area contributed by atoms with Crippen LogP contribution in [-0.4, -0.2) is 47.5 Å². The highest BCUT2D eigenvalue weighted by Crippen LogP contribution is 2.21. The molecule has 0 saturated carbocycles. The third kappa shape index (κ3) is 3.95. The van der Waals surface area contributed by atoms with Crippen molar-refractivity contribution in [2.24, 2.45) is 0 Å². The molecular formula is C13H17N3O5S2. The first kappa shape index (κ1) is 17.6. The zero-order chi connectivity index (χ0) is 17.2. The molecular weight excluding hydrogens is 342 g/mol. The van der Waals surface area contributed by atoms with Crippen LogP contribution in [0.25, 0.3) is 11.0 Å². The van der Waals surface area contributed by atoms with Crippen molar-refractivity contribution in [1.82, 2.24) is 14.7 Å². The number of fused-ring (bicyclic) bond motifs is 1. The summed E-state index contributed by atoms with van der Waals surface area (Å²) >= 11 is 1.43. The predicted molar refractivity (Wildman–Crippen MR) is 88.4 cm³/mol. The van der Waals surface area contributed by atoms with Gasteiger partial charge >= 0.3 is 11.7 Å². The lowest BCUT2D eigenvalue weighted by Gasteiger charge is -2.15. The highest BCUT2D eigenvalue weighted by Gasteiger charge is 2.26. The number of aromatic amines is 2. The Hall–Kier alpha value is -1.78. The van der Waals surface area contributed by atoms with Crippen molar-refractivity contribution < 1.29 is 18.3 Å². The molecule has 1 aromatic heterocycles. The number of aromatic nitrogens is 2. The Bertz CT molecular complexity index is 885. The van der Waals surface area contributed by atoms with Crippen molar-refractivity contribution in [2.45, 2.75) is 24.3 Å². The van der Waals surface area contributed by atoms with Gasteiger partial charge in [0.25, 0.3) is 0 Å². The molecule has 0 aliphatic rings. The van der Waals surface area contributed by atoms with E-state index in [1.807, 2.05) is 6.26 Å². The van der Waals surface area contributed by atoms with Crippen molar-refractivity contribution in [3.8, 4) is 0 Å². The van der Waals surface area contributed by atoms with Gasteiger partial charge in [-0.1, -0.05) is 0 Å². The molecule has 0 bridgehead atoms. The average molecular weight is 359 g/mol. The van der Waals surface area contributed by atoms with Gasteiger partial charge < -0.3 is 15.1 Å². The van der Waals surface area contributed by atoms with Gasteiger partial charge in [-0.15, -0.1) is 0 Å². The van der Waals surface area contributed by atoms with Gasteiger partial charge in [-0.05, 0) is 43.0 Å². The van der Waals surface area contributed by atoms with Crippen LogP contribution in [0.3, 0.4) is 0 Å². The largest absolute Gasteiger partial charge is 0.480 e. The van der Waals surface area contributed by atoms with Crippen molar-refractivity contribution in [1.29, 1.82) is 0 Å². The summed E-state index contributed by atoms with van der Waals surface area (Å²) < 4.78 is 27.2. The van der Waals surface area contributed by atoms with E-state index in [1.165, 1.54) is 23.9 Å². The van der Waals surface area contributed by atoms with Crippen molar-refractivity contribution in [3.63, 3.8) is 0 Å². The molecule has 10 heteroatoms. The Balaban J connectivity index is 2.39. The number of hydrogen-bond acceptors (Lipinski definition) is 5. The second kappa shape index (κ2) is 6.77. The van der Waals surface area contributed by atoms with Gasteiger partial charge in [0.2, 0.25) is 10.0 Å². The standard InChI is InChI=1S/C13H17N3O5S2/c1-7-5-9-10(15-13(19)14-9)6-11(7)23(20,21)16-8(12(17)18)3-4-22-2/h5-6,8,16H,3-4H2,1-2H3,(H,17,18)(H2,14,15,19). The third-order valence-electron chi connectivity index (χ3n) is 3.31. The number of carbonyl (C=O) groups is 1. The second-order valence-electron chi connectivity index (χ2n) is 5.04. The van der Waals surface area contributed by atoms with E-state index in [2.05, 4.69) is 14.7 Å². The van der Waals surface area contributed by atoms with Crippen LogP contribution in [0.2, 0.25) is 0 Å². The molecule has 1 aromatic carbocycles. The van der Waals surface area contributed by atoms with Crippen LogP contribution in [0.15, 0.2) is 21.8 Å². The van der Waals surface area contributed by atoms with Gasteiger partial charge in [0, 0.05) is 0 Å². The number of carboxylic acid groups (broad SMARTS) is 1. The van der Waals surface area contributed by atoms with Crippen LogP contribution in [0, 0.1) is 6.92 Å². The Morgan fingerprint density at radius 1 is 1.35 bits per heavy atom. The lowest BCUT2D eigenvalue weighted by atomic mass is 10.2. The minimum Gasteiger partial charge on any atom is -0.480 e. The Morgan fingerprint density at radius 3 is 2.52 bits per heavy atom. The number of hydrogen-bond donors (Lipinski definition) is 4. The van der Waals surface area contributed by atoms with E-state index >= 15 is 0 Å². The van der Waals surface area contributed by atoms with Gasteiger partial charge in [-0.25, -0.2) is 13.2 Å². The number of rotatable bonds is 7. The molecule has 23 heavy (non-hydrogen) atoms. The van der Waals surface area contributed by atoms with E-state index in [0.717, 1.165) is 0 Å². The first-order chi connectivity index (χ1) is 10.7. The highest BCUT2D eigenvalue weighted by molar-refractivity contribution is 7.98. The number of thioether (sulfide) groups is 1. The maximum Gasteiger partial charge on any atom is 0.323 e. The first-order valence-electron chi connectivity index (χ1n) is 6.71. The minimum absolute atomic E-state index is 0.0596. The molecule has 1 unspecified atom stereocenters. The minimum atomic E-state index is -4.02. The molecule has 0 fully saturated rings. The fraction of sp³-hybridized carbons (Fsp3) is 0.385. The summed E-state index contributed by atoms with van der Waals surface area (Å²) in [5.74, 6) is -0.709. The SMILES string of the molecule is CSCCC(NS(=O)(=O)c1cc2[nH]c(=O)[nH]c2cc1C)C(=O)O. The maximum absolute atomic E-state index is 12.5. The molecule has 2 rings (SSSR count). The van der Waals surface area contributed by atoms with Crippen molar-refractivity contribution in [2.75, 3.05) is 12.0 Å². The van der Waals surface area contributed by atoms with Crippen LogP contribution in [0.4, 0.5) is 0 Å². The first-order valence-corrected chi connectivity index (χ1v) is 9.59. The van der Waals surface area contributed by atoms with Gasteiger partial charge in [-0.2, -0.15) is 16.5 Å². The zero-order valence-corrected chi connectivity index (χ0v) is 14.2. The van der Waals surface area contributed by atoms with Crippen LogP contribution in [-0.2, 0) is 14.8 Å². The number of nitrogens with one attached hydrogen (secondary N) is 3. The highest BCUT2D eigenvalue weighted by atomic mass is 32.2. The Morgan fingerprint density at radius 2 is 1.96 bits per heavy atom. The van der Waals surface area contributed by atoms with E-state index in [4.69, 9.17) is 5.11 Å². The molecule has 0 spiro atoms. The molecule has 1 heterocycles. The topological polar surface area (TPSA) is 132 Å². The quantitative estimate of drug-likeness (QED) is 0.574. The molecule has 8 nitrogen and oxygen atoms in total. The number of H-pyrrole nitrogens is 2. The van der Waals surface area contributed by atoms with Crippen LogP contribution >= 0.6 is 11.8 Å². The molecule has 4 N–H and O–H groups in total. The zero-order valence-electron chi connectivity index (χ0n) is 12.5. The van der Waals surface area contributed by atoms with Crippen molar-refractivity contribution >= 4 is 38.8 Å². The molecule has 0 amide bonds.